The maximum Gasteiger partial charge on any atom is 0.191 e. The lowest BCUT2D eigenvalue weighted by Gasteiger charge is -2.14. The zero-order valence-electron chi connectivity index (χ0n) is 15.3. The molecule has 0 aliphatic heterocycles. The fourth-order valence-electron chi connectivity index (χ4n) is 2.50. The van der Waals surface area contributed by atoms with Gasteiger partial charge in [-0.05, 0) is 36.1 Å². The van der Waals surface area contributed by atoms with Gasteiger partial charge in [-0.2, -0.15) is 0 Å². The number of nitrogens with zero attached hydrogens (tertiary/aromatic N) is 1. The van der Waals surface area contributed by atoms with Crippen molar-refractivity contribution in [1.29, 1.82) is 0 Å². The van der Waals surface area contributed by atoms with Crippen molar-refractivity contribution in [3.8, 4) is 0 Å². The van der Waals surface area contributed by atoms with Gasteiger partial charge in [0.25, 0.3) is 0 Å². The van der Waals surface area contributed by atoms with E-state index in [0.717, 1.165) is 0 Å². The number of hydrogen-bond donors (Lipinski definition) is 2. The molecule has 2 aromatic carbocycles. The third-order valence-corrected chi connectivity index (χ3v) is 3.89. The average molecular weight is 471 g/mol. The highest BCUT2D eigenvalue weighted by molar-refractivity contribution is 14.0. The van der Waals surface area contributed by atoms with Gasteiger partial charge in [-0.15, -0.1) is 24.0 Å². The van der Waals surface area contributed by atoms with Crippen LogP contribution in [0.5, 0.6) is 0 Å². The van der Waals surface area contributed by atoms with Crippen molar-refractivity contribution in [3.05, 3.63) is 71.0 Å². The fraction of sp³-hybridized carbons (Fsp3) is 0.350. The molecule has 0 saturated carbocycles. The Morgan fingerprint density at radius 1 is 1.00 bits per heavy atom. The highest BCUT2D eigenvalue weighted by Gasteiger charge is 2.04. The quantitative estimate of drug-likeness (QED) is 0.349. The summed E-state index contributed by atoms with van der Waals surface area (Å²) in [5.41, 5.74) is 3.04. The molecular formula is C20H27FIN3O. The Morgan fingerprint density at radius 3 is 2.31 bits per heavy atom. The van der Waals surface area contributed by atoms with Gasteiger partial charge >= 0.3 is 0 Å². The number of aliphatic imine (C=N–C) groups is 1. The summed E-state index contributed by atoms with van der Waals surface area (Å²) < 4.78 is 19.1. The number of benzene rings is 2. The van der Waals surface area contributed by atoms with Crippen LogP contribution < -0.4 is 10.6 Å². The third-order valence-electron chi connectivity index (χ3n) is 3.89. The van der Waals surface area contributed by atoms with Crippen molar-refractivity contribution in [2.24, 2.45) is 4.99 Å². The van der Waals surface area contributed by atoms with Gasteiger partial charge in [0.05, 0.1) is 6.61 Å². The highest BCUT2D eigenvalue weighted by Crippen LogP contribution is 2.10. The van der Waals surface area contributed by atoms with E-state index in [1.165, 1.54) is 17.2 Å². The number of ether oxygens (including phenoxy) is 1. The molecule has 0 aromatic heterocycles. The van der Waals surface area contributed by atoms with Crippen LogP contribution in [-0.2, 0) is 24.3 Å². The Bertz CT molecular complexity index is 694. The minimum atomic E-state index is -0.169. The molecule has 0 radical (unpaired) electrons. The molecule has 0 unspecified atom stereocenters. The standard InChI is InChI=1S/C20H26FN3O.HI/c1-3-25-15-18-10-5-4-9-17(18)14-24-20(22-2)23-13-12-16-8-6-7-11-19(16)21;/h4-11H,3,12-15H2,1-2H3,(H2,22,23,24);1H. The maximum atomic E-state index is 13.6. The van der Waals surface area contributed by atoms with Crippen LogP contribution in [-0.4, -0.2) is 26.2 Å². The van der Waals surface area contributed by atoms with E-state index in [-0.39, 0.29) is 29.8 Å². The molecule has 0 atom stereocenters. The monoisotopic (exact) mass is 471 g/mol. The van der Waals surface area contributed by atoms with Crippen LogP contribution in [0.25, 0.3) is 0 Å². The van der Waals surface area contributed by atoms with Crippen LogP contribution in [0.3, 0.4) is 0 Å². The van der Waals surface area contributed by atoms with Crippen molar-refractivity contribution in [3.63, 3.8) is 0 Å². The Labute approximate surface area is 172 Å². The lowest BCUT2D eigenvalue weighted by atomic mass is 10.1. The van der Waals surface area contributed by atoms with Crippen molar-refractivity contribution >= 4 is 29.9 Å². The first-order valence-corrected chi connectivity index (χ1v) is 8.57. The number of hydrogen-bond acceptors (Lipinski definition) is 2. The van der Waals surface area contributed by atoms with Crippen molar-refractivity contribution in [2.75, 3.05) is 20.2 Å². The lowest BCUT2D eigenvalue weighted by molar-refractivity contribution is 0.133. The lowest BCUT2D eigenvalue weighted by Crippen LogP contribution is -2.38. The van der Waals surface area contributed by atoms with E-state index < -0.39 is 0 Å². The van der Waals surface area contributed by atoms with Crippen LogP contribution in [0.4, 0.5) is 4.39 Å². The molecule has 142 valence electrons. The summed E-state index contributed by atoms with van der Waals surface area (Å²) in [6.07, 6.45) is 0.605. The Kier molecular flexibility index (Phi) is 10.9. The minimum absolute atomic E-state index is 0. The summed E-state index contributed by atoms with van der Waals surface area (Å²) in [7, 11) is 1.73. The maximum absolute atomic E-state index is 13.6. The number of nitrogens with one attached hydrogen (secondary N) is 2. The van der Waals surface area contributed by atoms with Crippen LogP contribution in [0.2, 0.25) is 0 Å². The van der Waals surface area contributed by atoms with E-state index >= 15 is 0 Å². The molecular weight excluding hydrogens is 444 g/mol. The summed E-state index contributed by atoms with van der Waals surface area (Å²) in [5.74, 6) is 0.527. The molecule has 0 heterocycles. The van der Waals surface area contributed by atoms with E-state index in [2.05, 4.69) is 27.8 Å². The number of halogens is 2. The van der Waals surface area contributed by atoms with Crippen LogP contribution in [0.1, 0.15) is 23.6 Å². The molecule has 2 aromatic rings. The SMILES string of the molecule is CCOCc1ccccc1CNC(=NC)NCCc1ccccc1F.I. The van der Waals surface area contributed by atoms with Gasteiger partial charge in [-0.25, -0.2) is 4.39 Å². The molecule has 0 fully saturated rings. The molecule has 2 N–H and O–H groups in total. The molecule has 4 nitrogen and oxygen atoms in total. The molecule has 0 aliphatic carbocycles. The first kappa shape index (κ1) is 22.4. The summed E-state index contributed by atoms with van der Waals surface area (Å²) in [4.78, 5) is 4.22. The average Bonchev–Trinajstić information content (AvgIpc) is 2.65. The molecule has 0 spiro atoms. The summed E-state index contributed by atoms with van der Waals surface area (Å²) in [6.45, 7) is 4.56. The third kappa shape index (κ3) is 7.29. The normalized spacial score (nSPS) is 11.0. The molecule has 0 saturated heterocycles. The number of guanidine groups is 1. The van der Waals surface area contributed by atoms with Gasteiger partial charge in [-0.1, -0.05) is 42.5 Å². The fourth-order valence-corrected chi connectivity index (χ4v) is 2.50. The van der Waals surface area contributed by atoms with Gasteiger partial charge in [0.1, 0.15) is 5.82 Å². The highest BCUT2D eigenvalue weighted by atomic mass is 127. The van der Waals surface area contributed by atoms with Gasteiger partial charge in [0.15, 0.2) is 5.96 Å². The van der Waals surface area contributed by atoms with E-state index in [0.29, 0.717) is 44.2 Å². The van der Waals surface area contributed by atoms with Crippen LogP contribution in [0, 0.1) is 5.82 Å². The molecule has 0 amide bonds. The van der Waals surface area contributed by atoms with Gasteiger partial charge < -0.3 is 15.4 Å². The second-order valence-corrected chi connectivity index (χ2v) is 5.60. The largest absolute Gasteiger partial charge is 0.377 e. The van der Waals surface area contributed by atoms with E-state index in [1.807, 2.05) is 25.1 Å². The number of rotatable bonds is 8. The van der Waals surface area contributed by atoms with Crippen molar-refractivity contribution < 1.29 is 9.13 Å². The summed E-state index contributed by atoms with van der Waals surface area (Å²) in [5, 5.41) is 6.51. The second-order valence-electron chi connectivity index (χ2n) is 5.60. The van der Waals surface area contributed by atoms with Gasteiger partial charge in [0.2, 0.25) is 0 Å². The molecule has 0 bridgehead atoms. The Hall–Kier alpha value is -1.67. The van der Waals surface area contributed by atoms with Crippen LogP contribution in [0.15, 0.2) is 53.5 Å². The predicted octanol–water partition coefficient (Wildman–Crippen LogP) is 3.89. The molecule has 0 aliphatic rings. The Balaban J connectivity index is 0.00000338. The zero-order valence-corrected chi connectivity index (χ0v) is 17.6. The van der Waals surface area contributed by atoms with Gasteiger partial charge in [-0.3, -0.25) is 4.99 Å². The zero-order chi connectivity index (χ0) is 17.9. The molecule has 6 heteroatoms. The van der Waals surface area contributed by atoms with E-state index in [4.69, 9.17) is 4.74 Å². The van der Waals surface area contributed by atoms with Crippen molar-refractivity contribution in [2.45, 2.75) is 26.5 Å². The minimum Gasteiger partial charge on any atom is -0.377 e. The summed E-state index contributed by atoms with van der Waals surface area (Å²) in [6, 6.07) is 15.0. The smallest absolute Gasteiger partial charge is 0.191 e. The van der Waals surface area contributed by atoms with Gasteiger partial charge in [0, 0.05) is 26.7 Å². The van der Waals surface area contributed by atoms with E-state index in [9.17, 15) is 4.39 Å². The second kappa shape index (κ2) is 12.6. The molecule has 26 heavy (non-hydrogen) atoms. The topological polar surface area (TPSA) is 45.6 Å². The Morgan fingerprint density at radius 2 is 1.65 bits per heavy atom. The molecule has 2 rings (SSSR count). The first-order chi connectivity index (χ1) is 12.2. The predicted molar refractivity (Wildman–Crippen MR) is 115 cm³/mol. The first-order valence-electron chi connectivity index (χ1n) is 8.57. The van der Waals surface area contributed by atoms with E-state index in [1.54, 1.807) is 19.2 Å². The summed E-state index contributed by atoms with van der Waals surface area (Å²) >= 11 is 0. The van der Waals surface area contributed by atoms with Crippen molar-refractivity contribution in [1.82, 2.24) is 10.6 Å². The van der Waals surface area contributed by atoms with Crippen LogP contribution >= 0.6 is 24.0 Å².